The van der Waals surface area contributed by atoms with Crippen LogP contribution in [0.2, 0.25) is 5.02 Å². The number of halogens is 2. The molecule has 1 heterocycles. The molecule has 34 heavy (non-hydrogen) atoms. The van der Waals surface area contributed by atoms with Crippen molar-refractivity contribution in [3.8, 4) is 22.8 Å². The Morgan fingerprint density at radius 3 is 2.62 bits per heavy atom. The molecule has 1 aromatic heterocycles. The van der Waals surface area contributed by atoms with Crippen molar-refractivity contribution in [3.05, 3.63) is 87.9 Å². The zero-order valence-electron chi connectivity index (χ0n) is 18.0. The number of amides is 1. The van der Waals surface area contributed by atoms with Crippen LogP contribution in [0.5, 0.6) is 5.75 Å². The van der Waals surface area contributed by atoms with Crippen molar-refractivity contribution in [1.82, 2.24) is 20.2 Å². The molecule has 7 nitrogen and oxygen atoms in total. The number of nitrogens with zero attached hydrogens (tertiary/aromatic N) is 4. The lowest BCUT2D eigenvalue weighted by molar-refractivity contribution is -0.118. The Morgan fingerprint density at radius 2 is 1.91 bits per heavy atom. The summed E-state index contributed by atoms with van der Waals surface area (Å²) in [5, 5.41) is 13.9. The van der Waals surface area contributed by atoms with Gasteiger partial charge in [-0.1, -0.05) is 51.4 Å². The molecule has 1 amide bonds. The minimum Gasteiger partial charge on any atom is -0.497 e. The van der Waals surface area contributed by atoms with Gasteiger partial charge in [0.15, 0.2) is 11.0 Å². The predicted octanol–water partition coefficient (Wildman–Crippen LogP) is 5.60. The summed E-state index contributed by atoms with van der Waals surface area (Å²) >= 11 is 10.8. The van der Waals surface area contributed by atoms with Crippen molar-refractivity contribution in [1.29, 1.82) is 0 Å². The van der Waals surface area contributed by atoms with Crippen molar-refractivity contribution in [2.75, 3.05) is 12.9 Å². The van der Waals surface area contributed by atoms with E-state index in [-0.39, 0.29) is 11.7 Å². The number of thioether (sulfide) groups is 1. The van der Waals surface area contributed by atoms with Gasteiger partial charge in [0.25, 0.3) is 5.91 Å². The molecule has 0 spiro atoms. The number of methoxy groups -OCH3 is 1. The Labute approximate surface area is 214 Å². The molecule has 0 atom stereocenters. The molecule has 172 valence electrons. The van der Waals surface area contributed by atoms with Crippen molar-refractivity contribution < 1.29 is 9.53 Å². The standard InChI is InChI=1S/C24H19BrClN5O2S/c1-33-21-11-5-17(6-12-21)23-29-30-24(31(23)20-9-7-19(26)8-10-20)34-15-22(32)28-27-14-16-3-2-4-18(25)13-16/h2-14H,15H2,1H3,(H,28,32)/b27-14+. The maximum absolute atomic E-state index is 12.4. The highest BCUT2D eigenvalue weighted by molar-refractivity contribution is 9.10. The van der Waals surface area contributed by atoms with E-state index in [1.54, 1.807) is 25.5 Å². The first kappa shape index (κ1) is 24.0. The smallest absolute Gasteiger partial charge is 0.250 e. The van der Waals surface area contributed by atoms with Gasteiger partial charge in [0.1, 0.15) is 5.75 Å². The molecular weight excluding hydrogens is 538 g/mol. The monoisotopic (exact) mass is 555 g/mol. The number of hydrazone groups is 1. The second-order valence-corrected chi connectivity index (χ2v) is 9.28. The fraction of sp³-hybridized carbons (Fsp3) is 0.0833. The average molecular weight is 557 g/mol. The van der Waals surface area contributed by atoms with Gasteiger partial charge in [-0.05, 0) is 66.2 Å². The molecule has 3 aromatic carbocycles. The number of ether oxygens (including phenoxy) is 1. The van der Waals surface area contributed by atoms with E-state index < -0.39 is 0 Å². The Hall–Kier alpha value is -3.14. The second-order valence-electron chi connectivity index (χ2n) is 6.98. The molecule has 0 saturated carbocycles. The fourth-order valence-corrected chi connectivity index (χ4v) is 4.33. The van der Waals surface area contributed by atoms with Crippen molar-refractivity contribution in [2.45, 2.75) is 5.16 Å². The summed E-state index contributed by atoms with van der Waals surface area (Å²) in [6.07, 6.45) is 1.59. The van der Waals surface area contributed by atoms with Gasteiger partial charge in [-0.2, -0.15) is 5.10 Å². The number of aromatic nitrogens is 3. The van der Waals surface area contributed by atoms with E-state index in [1.165, 1.54) is 11.8 Å². The molecule has 10 heteroatoms. The van der Waals surface area contributed by atoms with Gasteiger partial charge >= 0.3 is 0 Å². The number of benzene rings is 3. The Kier molecular flexibility index (Phi) is 7.99. The lowest BCUT2D eigenvalue weighted by Crippen LogP contribution is -2.20. The number of hydrogen-bond donors (Lipinski definition) is 1. The maximum atomic E-state index is 12.4. The van der Waals surface area contributed by atoms with E-state index in [0.29, 0.717) is 16.0 Å². The van der Waals surface area contributed by atoms with Crippen LogP contribution < -0.4 is 10.2 Å². The van der Waals surface area contributed by atoms with Crippen LogP contribution in [0.4, 0.5) is 0 Å². The number of carbonyl (C=O) groups is 1. The summed E-state index contributed by atoms with van der Waals surface area (Å²) in [5.41, 5.74) is 5.10. The first-order valence-corrected chi connectivity index (χ1v) is 12.2. The fourth-order valence-electron chi connectivity index (χ4n) is 3.04. The topological polar surface area (TPSA) is 81.4 Å². The normalized spacial score (nSPS) is 11.0. The SMILES string of the molecule is COc1ccc(-c2nnc(SCC(=O)N/N=C/c3cccc(Br)c3)n2-c2ccc(Cl)cc2)cc1. The molecule has 0 aliphatic heterocycles. The van der Waals surface area contributed by atoms with Crippen LogP contribution in [0.15, 0.2) is 87.5 Å². The molecule has 0 saturated heterocycles. The summed E-state index contributed by atoms with van der Waals surface area (Å²) in [6, 6.07) is 22.5. The Morgan fingerprint density at radius 1 is 1.15 bits per heavy atom. The average Bonchev–Trinajstić information content (AvgIpc) is 3.27. The highest BCUT2D eigenvalue weighted by Gasteiger charge is 2.17. The van der Waals surface area contributed by atoms with E-state index >= 15 is 0 Å². The third-order valence-electron chi connectivity index (χ3n) is 4.65. The van der Waals surface area contributed by atoms with Crippen LogP contribution in [0, 0.1) is 0 Å². The quantitative estimate of drug-likeness (QED) is 0.174. The molecule has 0 radical (unpaired) electrons. The van der Waals surface area contributed by atoms with E-state index in [4.69, 9.17) is 16.3 Å². The molecule has 0 fully saturated rings. The third-order valence-corrected chi connectivity index (χ3v) is 6.32. The summed E-state index contributed by atoms with van der Waals surface area (Å²) in [4.78, 5) is 12.4. The number of nitrogens with one attached hydrogen (secondary N) is 1. The van der Waals surface area contributed by atoms with Crippen molar-refractivity contribution >= 4 is 51.4 Å². The zero-order chi connectivity index (χ0) is 23.9. The van der Waals surface area contributed by atoms with Crippen LogP contribution in [-0.2, 0) is 4.79 Å². The van der Waals surface area contributed by atoms with Gasteiger partial charge in [0.2, 0.25) is 0 Å². The molecule has 0 bridgehead atoms. The van der Waals surface area contributed by atoms with Crippen LogP contribution in [0.1, 0.15) is 5.56 Å². The van der Waals surface area contributed by atoms with Crippen molar-refractivity contribution in [2.24, 2.45) is 5.10 Å². The molecule has 0 aliphatic rings. The van der Waals surface area contributed by atoms with Gasteiger partial charge in [-0.3, -0.25) is 9.36 Å². The summed E-state index contributed by atoms with van der Waals surface area (Å²) in [5.74, 6) is 1.24. The molecule has 1 N–H and O–H groups in total. The minimum absolute atomic E-state index is 0.115. The third kappa shape index (κ3) is 6.05. The zero-order valence-corrected chi connectivity index (χ0v) is 21.1. The van der Waals surface area contributed by atoms with E-state index in [9.17, 15) is 4.79 Å². The van der Waals surface area contributed by atoms with Gasteiger partial charge in [0, 0.05) is 20.7 Å². The summed E-state index contributed by atoms with van der Waals surface area (Å²) < 4.78 is 8.08. The van der Waals surface area contributed by atoms with Crippen molar-refractivity contribution in [3.63, 3.8) is 0 Å². The minimum atomic E-state index is -0.257. The van der Waals surface area contributed by atoms with Crippen LogP contribution in [0.3, 0.4) is 0 Å². The maximum Gasteiger partial charge on any atom is 0.250 e. The largest absolute Gasteiger partial charge is 0.497 e. The second kappa shape index (κ2) is 11.3. The number of hydrogen-bond acceptors (Lipinski definition) is 6. The predicted molar refractivity (Wildman–Crippen MR) is 139 cm³/mol. The number of rotatable bonds is 8. The summed E-state index contributed by atoms with van der Waals surface area (Å²) in [6.45, 7) is 0. The van der Waals surface area contributed by atoms with E-state index in [0.717, 1.165) is 27.0 Å². The molecule has 4 rings (SSSR count). The van der Waals surface area contributed by atoms with Crippen LogP contribution >= 0.6 is 39.3 Å². The number of carbonyl (C=O) groups excluding carboxylic acids is 1. The van der Waals surface area contributed by atoms with Gasteiger partial charge in [-0.25, -0.2) is 5.43 Å². The van der Waals surface area contributed by atoms with E-state index in [2.05, 4.69) is 36.7 Å². The van der Waals surface area contributed by atoms with Gasteiger partial charge < -0.3 is 4.74 Å². The Bertz CT molecular complexity index is 1310. The van der Waals surface area contributed by atoms with Crippen LogP contribution in [-0.4, -0.2) is 39.7 Å². The molecule has 0 unspecified atom stereocenters. The highest BCUT2D eigenvalue weighted by Crippen LogP contribution is 2.29. The first-order chi connectivity index (χ1) is 16.5. The first-order valence-electron chi connectivity index (χ1n) is 10.1. The van der Waals surface area contributed by atoms with Crippen LogP contribution in [0.25, 0.3) is 17.1 Å². The van der Waals surface area contributed by atoms with Gasteiger partial charge in [0.05, 0.1) is 19.1 Å². The Balaban J connectivity index is 1.52. The van der Waals surface area contributed by atoms with E-state index in [1.807, 2.05) is 65.2 Å². The lowest BCUT2D eigenvalue weighted by Gasteiger charge is -2.11. The molecular formula is C24H19BrClN5O2S. The lowest BCUT2D eigenvalue weighted by atomic mass is 10.2. The van der Waals surface area contributed by atoms with Gasteiger partial charge in [-0.15, -0.1) is 10.2 Å². The summed E-state index contributed by atoms with van der Waals surface area (Å²) in [7, 11) is 1.62. The molecule has 4 aromatic rings. The molecule has 0 aliphatic carbocycles. The highest BCUT2D eigenvalue weighted by atomic mass is 79.9.